The van der Waals surface area contributed by atoms with Crippen molar-refractivity contribution >= 4 is 5.96 Å². The van der Waals surface area contributed by atoms with E-state index in [0.717, 1.165) is 43.8 Å². The fourth-order valence-electron chi connectivity index (χ4n) is 4.35. The molecule has 0 saturated carbocycles. The van der Waals surface area contributed by atoms with Crippen LogP contribution in [-0.4, -0.2) is 37.9 Å². The molecule has 4 rings (SSSR count). The Labute approximate surface area is 178 Å². The first-order chi connectivity index (χ1) is 14.7. The van der Waals surface area contributed by atoms with Crippen molar-refractivity contribution in [3.05, 3.63) is 65.7 Å². The van der Waals surface area contributed by atoms with Crippen molar-refractivity contribution in [1.29, 1.82) is 0 Å². The van der Waals surface area contributed by atoms with E-state index in [2.05, 4.69) is 47.9 Å². The molecule has 2 aliphatic rings. The Morgan fingerprint density at radius 2 is 1.83 bits per heavy atom. The van der Waals surface area contributed by atoms with E-state index >= 15 is 0 Å². The molecule has 0 spiro atoms. The average molecular weight is 409 g/mol. The summed E-state index contributed by atoms with van der Waals surface area (Å²) in [7, 11) is 0. The summed E-state index contributed by atoms with van der Waals surface area (Å²) in [5, 5.41) is 7.24. The second-order valence-corrected chi connectivity index (χ2v) is 8.24. The van der Waals surface area contributed by atoms with Crippen LogP contribution in [0.5, 0.6) is 5.75 Å². The second kappa shape index (κ2) is 9.49. The third-order valence-electron chi connectivity index (χ3n) is 6.10. The summed E-state index contributed by atoms with van der Waals surface area (Å²) in [6.45, 7) is 4.99. The normalized spacial score (nSPS) is 21.9. The molecule has 0 aliphatic carbocycles. The largest absolute Gasteiger partial charge is 0.493 e. The molecule has 0 radical (unpaired) electrons. The summed E-state index contributed by atoms with van der Waals surface area (Å²) in [5.41, 5.74) is 8.61. The molecule has 2 unspecified atom stereocenters. The molecule has 160 valence electrons. The fourth-order valence-corrected chi connectivity index (χ4v) is 4.35. The summed E-state index contributed by atoms with van der Waals surface area (Å²) in [5.74, 6) is 1.41. The first kappa shape index (κ1) is 20.7. The lowest BCUT2D eigenvalue weighted by molar-refractivity contribution is 0.0374. The number of nitrogens with zero attached hydrogens (tertiary/aromatic N) is 1. The summed E-state index contributed by atoms with van der Waals surface area (Å²) in [6.07, 6.45) is 2.71. The number of nitrogens with one attached hydrogen (secondary N) is 2. The Morgan fingerprint density at radius 1 is 1.10 bits per heavy atom. The molecule has 2 atom stereocenters. The van der Waals surface area contributed by atoms with Crippen LogP contribution in [0.1, 0.15) is 49.4 Å². The van der Waals surface area contributed by atoms with E-state index in [1.807, 2.05) is 24.3 Å². The Morgan fingerprint density at radius 3 is 2.63 bits per heavy atom. The predicted molar refractivity (Wildman–Crippen MR) is 120 cm³/mol. The summed E-state index contributed by atoms with van der Waals surface area (Å²) in [6, 6.07) is 19.0. The second-order valence-electron chi connectivity index (χ2n) is 8.24. The number of para-hydroxylation sites is 1. The minimum absolute atomic E-state index is 0.118. The highest BCUT2D eigenvalue weighted by molar-refractivity contribution is 5.78. The van der Waals surface area contributed by atoms with Gasteiger partial charge in [0.1, 0.15) is 5.75 Å². The van der Waals surface area contributed by atoms with Gasteiger partial charge in [-0.3, -0.25) is 4.99 Å². The van der Waals surface area contributed by atoms with Gasteiger partial charge in [-0.1, -0.05) is 48.5 Å². The highest BCUT2D eigenvalue weighted by atomic mass is 16.5. The van der Waals surface area contributed by atoms with Crippen LogP contribution in [0.2, 0.25) is 0 Å². The molecule has 30 heavy (non-hydrogen) atoms. The van der Waals surface area contributed by atoms with Crippen molar-refractivity contribution in [1.82, 2.24) is 10.6 Å². The van der Waals surface area contributed by atoms with Crippen molar-refractivity contribution in [2.75, 3.05) is 26.4 Å². The summed E-state index contributed by atoms with van der Waals surface area (Å²) < 4.78 is 11.4. The van der Waals surface area contributed by atoms with Crippen molar-refractivity contribution in [3.8, 4) is 5.75 Å². The van der Waals surface area contributed by atoms with Crippen molar-refractivity contribution in [2.24, 2.45) is 10.7 Å². The zero-order valence-electron chi connectivity index (χ0n) is 17.6. The molecule has 1 fully saturated rings. The fraction of sp³-hybridized carbons (Fsp3) is 0.458. The van der Waals surface area contributed by atoms with E-state index in [0.29, 0.717) is 19.1 Å². The van der Waals surface area contributed by atoms with Crippen LogP contribution in [0.25, 0.3) is 0 Å². The molecule has 1 saturated heterocycles. The van der Waals surface area contributed by atoms with Crippen molar-refractivity contribution < 1.29 is 9.47 Å². The van der Waals surface area contributed by atoms with E-state index in [1.165, 1.54) is 5.56 Å². The van der Waals surface area contributed by atoms with Crippen LogP contribution < -0.4 is 21.1 Å². The van der Waals surface area contributed by atoms with E-state index < -0.39 is 0 Å². The third-order valence-corrected chi connectivity index (χ3v) is 6.10. The van der Waals surface area contributed by atoms with Gasteiger partial charge in [-0.25, -0.2) is 0 Å². The summed E-state index contributed by atoms with van der Waals surface area (Å²) >= 11 is 0. The quantitative estimate of drug-likeness (QED) is 0.505. The molecule has 2 aromatic rings. The smallest absolute Gasteiger partial charge is 0.189 e. The topological polar surface area (TPSA) is 80.9 Å². The van der Waals surface area contributed by atoms with Crippen LogP contribution >= 0.6 is 0 Å². The Kier molecular flexibility index (Phi) is 6.55. The first-order valence-electron chi connectivity index (χ1n) is 10.8. The third kappa shape index (κ3) is 4.94. The van der Waals surface area contributed by atoms with Crippen molar-refractivity contribution in [3.63, 3.8) is 0 Å². The highest BCUT2D eigenvalue weighted by Crippen LogP contribution is 2.31. The highest BCUT2D eigenvalue weighted by Gasteiger charge is 2.34. The van der Waals surface area contributed by atoms with Crippen LogP contribution in [0.15, 0.2) is 59.6 Å². The predicted octanol–water partition coefficient (Wildman–Crippen LogP) is 3.31. The van der Waals surface area contributed by atoms with E-state index in [9.17, 15) is 0 Å². The van der Waals surface area contributed by atoms with E-state index in [-0.39, 0.29) is 17.6 Å². The van der Waals surface area contributed by atoms with Gasteiger partial charge in [0.05, 0.1) is 19.2 Å². The van der Waals surface area contributed by atoms with E-state index in [1.54, 1.807) is 0 Å². The SMILES string of the molecule is CC(NC1(CN=C(N)NC2CCOc3ccccc32)CCOCC1)c1ccccc1. The minimum atomic E-state index is -0.118. The molecule has 2 aromatic carbocycles. The Balaban J connectivity index is 1.44. The molecule has 0 amide bonds. The lowest BCUT2D eigenvalue weighted by Gasteiger charge is -2.39. The lowest BCUT2D eigenvalue weighted by Crippen LogP contribution is -2.53. The van der Waals surface area contributed by atoms with Gasteiger partial charge in [-0.05, 0) is 31.4 Å². The number of fused-ring (bicyclic) bond motifs is 1. The Bertz CT molecular complexity index is 849. The molecule has 6 nitrogen and oxygen atoms in total. The minimum Gasteiger partial charge on any atom is -0.493 e. The molecular formula is C24H32N4O2. The van der Waals surface area contributed by atoms with E-state index in [4.69, 9.17) is 20.2 Å². The molecule has 4 N–H and O–H groups in total. The monoisotopic (exact) mass is 408 g/mol. The number of rotatable bonds is 6. The number of aliphatic imine (C=N–C) groups is 1. The standard InChI is InChI=1S/C24H32N4O2/c1-18(19-7-3-2-4-8-19)28-24(12-15-29-16-13-24)17-26-23(25)27-21-11-14-30-22-10-6-5-9-20(21)22/h2-10,18,21,28H,11-17H2,1H3,(H3,25,26,27). The number of guanidine groups is 1. The number of hydrogen-bond donors (Lipinski definition) is 3. The van der Waals surface area contributed by atoms with Gasteiger partial charge in [0.2, 0.25) is 0 Å². The van der Waals surface area contributed by atoms with Gasteiger partial charge < -0.3 is 25.8 Å². The van der Waals surface area contributed by atoms with Crippen LogP contribution in [0, 0.1) is 0 Å². The molecular weight excluding hydrogens is 376 g/mol. The van der Waals surface area contributed by atoms with Crippen LogP contribution in [0.4, 0.5) is 0 Å². The molecule has 2 heterocycles. The van der Waals surface area contributed by atoms with Gasteiger partial charge in [0.15, 0.2) is 5.96 Å². The zero-order chi connectivity index (χ0) is 20.8. The van der Waals surface area contributed by atoms with Crippen molar-refractivity contribution in [2.45, 2.75) is 43.8 Å². The maximum atomic E-state index is 6.32. The maximum Gasteiger partial charge on any atom is 0.189 e. The first-order valence-corrected chi connectivity index (χ1v) is 10.8. The zero-order valence-corrected chi connectivity index (χ0v) is 17.6. The molecule has 0 bridgehead atoms. The number of ether oxygens (including phenoxy) is 2. The lowest BCUT2D eigenvalue weighted by atomic mass is 9.88. The number of hydrogen-bond acceptors (Lipinski definition) is 4. The molecule has 6 heteroatoms. The molecule has 2 aliphatic heterocycles. The van der Waals surface area contributed by atoms with Crippen LogP contribution in [0.3, 0.4) is 0 Å². The van der Waals surface area contributed by atoms with Gasteiger partial charge in [0, 0.05) is 36.8 Å². The van der Waals surface area contributed by atoms with Gasteiger partial charge in [-0.15, -0.1) is 0 Å². The number of benzene rings is 2. The summed E-state index contributed by atoms with van der Waals surface area (Å²) in [4.78, 5) is 4.76. The van der Waals surface area contributed by atoms with Gasteiger partial charge in [0.25, 0.3) is 0 Å². The Hall–Kier alpha value is -2.57. The molecule has 0 aromatic heterocycles. The van der Waals surface area contributed by atoms with Gasteiger partial charge in [-0.2, -0.15) is 0 Å². The van der Waals surface area contributed by atoms with Crippen LogP contribution in [-0.2, 0) is 4.74 Å². The average Bonchev–Trinajstić information content (AvgIpc) is 2.79. The number of nitrogens with two attached hydrogens (primary N) is 1. The maximum absolute atomic E-state index is 6.32. The van der Waals surface area contributed by atoms with Gasteiger partial charge >= 0.3 is 0 Å².